The molecule has 0 rings (SSSR count). The minimum atomic E-state index is -0.703. The Morgan fingerprint density at radius 1 is 0.714 bits per heavy atom. The highest BCUT2D eigenvalue weighted by Gasteiger charge is 1.98. The highest BCUT2D eigenvalue weighted by Crippen LogP contribution is 1.88. The van der Waals surface area contributed by atoms with Gasteiger partial charge in [0.2, 0.25) is 0 Å². The van der Waals surface area contributed by atoms with Gasteiger partial charge in [-0.2, -0.15) is 0 Å². The minimum Gasteiger partial charge on any atom is -0.438 e. The third-order valence-corrected chi connectivity index (χ3v) is 2.37. The lowest BCUT2D eigenvalue weighted by molar-refractivity contribution is -0.00995. The number of unbranched alkanes of at least 4 members (excludes halogenated alkanes) is 1. The van der Waals surface area contributed by atoms with Crippen molar-refractivity contribution in [3.8, 4) is 0 Å². The molecule has 0 aliphatic carbocycles. The van der Waals surface area contributed by atoms with Crippen molar-refractivity contribution in [2.24, 2.45) is 0 Å². The van der Waals surface area contributed by atoms with E-state index in [1.165, 1.54) is 7.11 Å². The highest BCUT2D eigenvalue weighted by molar-refractivity contribution is 5.59. The number of hydrogen-bond acceptors (Lipinski definition) is 7. The van der Waals surface area contributed by atoms with Crippen LogP contribution in [-0.2, 0) is 28.4 Å². The summed E-state index contributed by atoms with van der Waals surface area (Å²) in [5.74, 6) is 0. The van der Waals surface area contributed by atoms with Crippen molar-refractivity contribution in [3.05, 3.63) is 0 Å². The maximum atomic E-state index is 10.6. The van der Waals surface area contributed by atoms with E-state index in [-0.39, 0.29) is 6.61 Å². The second-order valence-electron chi connectivity index (χ2n) is 4.11. The SMILES string of the molecule is CCCCOCCOCCOCCOCCOC(=O)OC. The molecule has 21 heavy (non-hydrogen) atoms. The molecule has 0 aliphatic heterocycles. The molecule has 0 N–H and O–H groups in total. The van der Waals surface area contributed by atoms with E-state index < -0.39 is 6.16 Å². The van der Waals surface area contributed by atoms with Gasteiger partial charge in [-0.05, 0) is 6.42 Å². The molecule has 0 amide bonds. The van der Waals surface area contributed by atoms with Crippen LogP contribution in [0.2, 0.25) is 0 Å². The summed E-state index contributed by atoms with van der Waals surface area (Å²) in [6.45, 7) is 6.65. The Balaban J connectivity index is 2.98. The quantitative estimate of drug-likeness (QED) is 0.336. The smallest absolute Gasteiger partial charge is 0.438 e. The zero-order valence-corrected chi connectivity index (χ0v) is 13.1. The molecule has 0 fully saturated rings. The first-order valence-electron chi connectivity index (χ1n) is 7.33. The first-order valence-corrected chi connectivity index (χ1v) is 7.33. The maximum absolute atomic E-state index is 10.6. The lowest BCUT2D eigenvalue weighted by Crippen LogP contribution is -2.14. The average molecular weight is 308 g/mol. The van der Waals surface area contributed by atoms with Gasteiger partial charge in [0.1, 0.15) is 6.61 Å². The summed E-state index contributed by atoms with van der Waals surface area (Å²) in [4.78, 5) is 10.6. The summed E-state index contributed by atoms with van der Waals surface area (Å²) >= 11 is 0. The molecule has 0 aliphatic rings. The van der Waals surface area contributed by atoms with E-state index >= 15 is 0 Å². The van der Waals surface area contributed by atoms with Crippen molar-refractivity contribution in [2.45, 2.75) is 19.8 Å². The van der Waals surface area contributed by atoms with Gasteiger partial charge in [0, 0.05) is 6.61 Å². The van der Waals surface area contributed by atoms with E-state index in [0.29, 0.717) is 46.2 Å². The second kappa shape index (κ2) is 17.2. The van der Waals surface area contributed by atoms with Gasteiger partial charge < -0.3 is 28.4 Å². The molecular formula is C14H28O7. The fourth-order valence-corrected chi connectivity index (χ4v) is 1.25. The van der Waals surface area contributed by atoms with Crippen LogP contribution in [0.3, 0.4) is 0 Å². The third kappa shape index (κ3) is 17.1. The molecule has 0 saturated heterocycles. The van der Waals surface area contributed by atoms with Crippen molar-refractivity contribution in [1.29, 1.82) is 0 Å². The standard InChI is InChI=1S/C14H28O7/c1-3-4-5-17-6-7-18-8-9-19-10-11-20-12-13-21-14(15)16-2/h3-13H2,1-2H3. The maximum Gasteiger partial charge on any atom is 0.508 e. The van der Waals surface area contributed by atoms with Crippen LogP contribution in [0.5, 0.6) is 0 Å². The normalized spacial score (nSPS) is 10.6. The lowest BCUT2D eigenvalue weighted by Gasteiger charge is -2.07. The van der Waals surface area contributed by atoms with Crippen LogP contribution in [0.1, 0.15) is 19.8 Å². The zero-order valence-electron chi connectivity index (χ0n) is 13.1. The predicted octanol–water partition coefficient (Wildman–Crippen LogP) is 1.64. The first kappa shape index (κ1) is 20.1. The molecule has 7 nitrogen and oxygen atoms in total. The molecular weight excluding hydrogens is 280 g/mol. The summed E-state index contributed by atoms with van der Waals surface area (Å²) in [6.07, 6.45) is 1.53. The second-order valence-corrected chi connectivity index (χ2v) is 4.11. The van der Waals surface area contributed by atoms with Gasteiger partial charge in [-0.25, -0.2) is 4.79 Å². The number of carbonyl (C=O) groups excluding carboxylic acids is 1. The topological polar surface area (TPSA) is 72.5 Å². The molecule has 0 bridgehead atoms. The van der Waals surface area contributed by atoms with Crippen LogP contribution in [0.15, 0.2) is 0 Å². The van der Waals surface area contributed by atoms with Crippen molar-refractivity contribution >= 4 is 6.16 Å². The van der Waals surface area contributed by atoms with Gasteiger partial charge >= 0.3 is 6.16 Å². The molecule has 0 aromatic heterocycles. The average Bonchev–Trinajstić information content (AvgIpc) is 2.50. The molecule has 0 aromatic carbocycles. The van der Waals surface area contributed by atoms with Crippen LogP contribution in [0, 0.1) is 0 Å². The van der Waals surface area contributed by atoms with E-state index in [2.05, 4.69) is 16.4 Å². The third-order valence-electron chi connectivity index (χ3n) is 2.37. The molecule has 126 valence electrons. The Bertz CT molecular complexity index is 223. The molecule has 0 spiro atoms. The summed E-state index contributed by atoms with van der Waals surface area (Å²) in [5.41, 5.74) is 0. The monoisotopic (exact) mass is 308 g/mol. The molecule has 0 heterocycles. The van der Waals surface area contributed by atoms with E-state index in [9.17, 15) is 4.79 Å². The van der Waals surface area contributed by atoms with Crippen LogP contribution in [0.25, 0.3) is 0 Å². The lowest BCUT2D eigenvalue weighted by atomic mass is 10.4. The minimum absolute atomic E-state index is 0.174. The largest absolute Gasteiger partial charge is 0.508 e. The van der Waals surface area contributed by atoms with Crippen LogP contribution >= 0.6 is 0 Å². The van der Waals surface area contributed by atoms with Gasteiger partial charge in [-0.1, -0.05) is 13.3 Å². The Labute approximate surface area is 126 Å². The Morgan fingerprint density at radius 2 is 1.14 bits per heavy atom. The number of hydrogen-bond donors (Lipinski definition) is 0. The van der Waals surface area contributed by atoms with Gasteiger partial charge in [0.05, 0.1) is 53.4 Å². The van der Waals surface area contributed by atoms with Gasteiger partial charge in [-0.15, -0.1) is 0 Å². The molecule has 0 unspecified atom stereocenters. The van der Waals surface area contributed by atoms with Crippen LogP contribution < -0.4 is 0 Å². The molecule has 0 atom stereocenters. The first-order chi connectivity index (χ1) is 10.3. The molecule has 0 radical (unpaired) electrons. The van der Waals surface area contributed by atoms with Crippen molar-refractivity contribution in [3.63, 3.8) is 0 Å². The molecule has 7 heteroatoms. The van der Waals surface area contributed by atoms with Crippen molar-refractivity contribution < 1.29 is 33.2 Å². The van der Waals surface area contributed by atoms with Crippen LogP contribution in [0.4, 0.5) is 4.79 Å². The zero-order chi connectivity index (χ0) is 15.6. The Hall–Kier alpha value is -0.890. The van der Waals surface area contributed by atoms with Gasteiger partial charge in [0.25, 0.3) is 0 Å². The van der Waals surface area contributed by atoms with E-state index in [1.807, 2.05) is 0 Å². The number of methoxy groups -OCH3 is 1. The summed E-state index contributed by atoms with van der Waals surface area (Å²) in [6, 6.07) is 0. The number of carbonyl (C=O) groups is 1. The summed E-state index contributed by atoms with van der Waals surface area (Å²) in [7, 11) is 1.26. The Kier molecular flexibility index (Phi) is 16.4. The fraction of sp³-hybridized carbons (Fsp3) is 0.929. The number of ether oxygens (including phenoxy) is 6. The highest BCUT2D eigenvalue weighted by atomic mass is 16.7. The molecule has 0 aromatic rings. The summed E-state index contributed by atoms with van der Waals surface area (Å²) < 4.78 is 30.1. The summed E-state index contributed by atoms with van der Waals surface area (Å²) in [5, 5.41) is 0. The van der Waals surface area contributed by atoms with E-state index in [1.54, 1.807) is 0 Å². The van der Waals surface area contributed by atoms with Crippen LogP contribution in [-0.4, -0.2) is 72.7 Å². The fourth-order valence-electron chi connectivity index (χ4n) is 1.25. The van der Waals surface area contributed by atoms with Gasteiger partial charge in [-0.3, -0.25) is 0 Å². The number of rotatable bonds is 15. The van der Waals surface area contributed by atoms with Crippen molar-refractivity contribution in [1.82, 2.24) is 0 Å². The Morgan fingerprint density at radius 3 is 1.57 bits per heavy atom. The van der Waals surface area contributed by atoms with E-state index in [4.69, 9.17) is 18.9 Å². The van der Waals surface area contributed by atoms with Gasteiger partial charge in [0.15, 0.2) is 0 Å². The molecule has 0 saturated carbocycles. The van der Waals surface area contributed by atoms with Crippen molar-refractivity contribution in [2.75, 3.05) is 66.6 Å². The van der Waals surface area contributed by atoms with E-state index in [0.717, 1.165) is 19.4 Å². The predicted molar refractivity (Wildman–Crippen MR) is 76.5 cm³/mol.